The van der Waals surface area contributed by atoms with Gasteiger partial charge in [0.2, 0.25) is 11.8 Å². The van der Waals surface area contributed by atoms with Crippen molar-refractivity contribution < 1.29 is 14.3 Å². The van der Waals surface area contributed by atoms with Gasteiger partial charge in [-0.25, -0.2) is 0 Å². The lowest BCUT2D eigenvalue weighted by molar-refractivity contribution is -0.133. The molecular formula is C25H32N2O3. The molecule has 2 heterocycles. The first-order valence-electron chi connectivity index (χ1n) is 11.2. The molecule has 0 saturated carbocycles. The van der Waals surface area contributed by atoms with Crippen molar-refractivity contribution in [1.82, 2.24) is 10.2 Å². The average molecular weight is 409 g/mol. The summed E-state index contributed by atoms with van der Waals surface area (Å²) in [5, 5.41) is 5.63. The zero-order chi connectivity index (χ0) is 21.0. The minimum atomic E-state index is -0.336. The van der Waals surface area contributed by atoms with E-state index in [-0.39, 0.29) is 23.5 Å². The van der Waals surface area contributed by atoms with Gasteiger partial charge in [0.1, 0.15) is 0 Å². The van der Waals surface area contributed by atoms with E-state index < -0.39 is 0 Å². The zero-order valence-electron chi connectivity index (χ0n) is 17.9. The van der Waals surface area contributed by atoms with E-state index in [4.69, 9.17) is 4.74 Å². The van der Waals surface area contributed by atoms with E-state index in [0.717, 1.165) is 32.3 Å². The Balaban J connectivity index is 1.40. The molecule has 30 heavy (non-hydrogen) atoms. The molecule has 5 nitrogen and oxygen atoms in total. The molecule has 2 aromatic rings. The third-order valence-electron chi connectivity index (χ3n) is 6.59. The molecule has 0 radical (unpaired) electrons. The third-order valence-corrected chi connectivity index (χ3v) is 6.59. The number of hydrogen-bond donors (Lipinski definition) is 1. The van der Waals surface area contributed by atoms with Crippen LogP contribution >= 0.6 is 0 Å². The van der Waals surface area contributed by atoms with Crippen LogP contribution in [0.2, 0.25) is 0 Å². The molecular weight excluding hydrogens is 376 g/mol. The fourth-order valence-corrected chi connectivity index (χ4v) is 4.82. The number of rotatable bonds is 7. The first-order chi connectivity index (χ1) is 14.5. The summed E-state index contributed by atoms with van der Waals surface area (Å²) in [6, 6.07) is 14.8. The Morgan fingerprint density at radius 3 is 2.77 bits per heavy atom. The van der Waals surface area contributed by atoms with Crippen molar-refractivity contribution in [1.29, 1.82) is 0 Å². The maximum Gasteiger partial charge on any atom is 0.222 e. The number of fused-ring (bicyclic) bond motifs is 1. The molecule has 4 rings (SSSR count). The summed E-state index contributed by atoms with van der Waals surface area (Å²) in [7, 11) is 1.86. The Bertz CT molecular complexity index is 906. The second kappa shape index (κ2) is 9.17. The van der Waals surface area contributed by atoms with Gasteiger partial charge in [0.15, 0.2) is 0 Å². The number of carbonyl (C=O) groups excluding carboxylic acids is 2. The average Bonchev–Trinajstić information content (AvgIpc) is 3.13. The van der Waals surface area contributed by atoms with Crippen molar-refractivity contribution in [2.45, 2.75) is 63.0 Å². The lowest BCUT2D eigenvalue weighted by Gasteiger charge is -2.31. The number of likely N-dealkylation sites (N-methyl/N-ethyl adjacent to an activating group) is 1. The number of amides is 2. The summed E-state index contributed by atoms with van der Waals surface area (Å²) in [4.78, 5) is 26.7. The predicted octanol–water partition coefficient (Wildman–Crippen LogP) is 3.84. The molecule has 0 aromatic heterocycles. The van der Waals surface area contributed by atoms with E-state index in [1.54, 1.807) is 4.90 Å². The summed E-state index contributed by atoms with van der Waals surface area (Å²) >= 11 is 0. The Kier molecular flexibility index (Phi) is 6.38. The van der Waals surface area contributed by atoms with Crippen LogP contribution in [0.5, 0.6) is 0 Å². The first kappa shape index (κ1) is 20.9. The van der Waals surface area contributed by atoms with Crippen molar-refractivity contribution >= 4 is 22.6 Å². The number of benzene rings is 2. The van der Waals surface area contributed by atoms with Crippen molar-refractivity contribution in [3.63, 3.8) is 0 Å². The van der Waals surface area contributed by atoms with Gasteiger partial charge in [-0.2, -0.15) is 0 Å². The molecule has 5 heteroatoms. The van der Waals surface area contributed by atoms with Crippen LogP contribution in [0, 0.1) is 0 Å². The molecule has 0 aliphatic carbocycles. The highest BCUT2D eigenvalue weighted by atomic mass is 16.5. The molecule has 0 unspecified atom stereocenters. The molecule has 2 atom stereocenters. The normalized spacial score (nSPS) is 24.0. The largest absolute Gasteiger partial charge is 0.376 e. The number of ether oxygens (including phenoxy) is 1. The molecule has 1 N–H and O–H groups in total. The topological polar surface area (TPSA) is 58.6 Å². The van der Waals surface area contributed by atoms with E-state index in [1.165, 1.54) is 22.8 Å². The standard InChI is InChI=1S/C25H32N2O3/c1-27(18-22-8-4-5-15-30-22)24(29)12-14-25(13-11-23(28)26-25)17-19-9-10-20-6-2-3-7-21(20)16-19/h2-3,6-7,9-10,16,22H,4-5,8,11-15,17-18H2,1H3,(H,26,28)/t22-,25-/m0/s1. The van der Waals surface area contributed by atoms with E-state index in [0.29, 0.717) is 25.8 Å². The predicted molar refractivity (Wildman–Crippen MR) is 118 cm³/mol. The van der Waals surface area contributed by atoms with Crippen molar-refractivity contribution in [3.05, 3.63) is 48.0 Å². The fraction of sp³-hybridized carbons (Fsp3) is 0.520. The molecule has 2 aliphatic heterocycles. The monoisotopic (exact) mass is 408 g/mol. The highest BCUT2D eigenvalue weighted by Crippen LogP contribution is 2.31. The molecule has 2 aromatic carbocycles. The van der Waals surface area contributed by atoms with Crippen LogP contribution in [0.15, 0.2) is 42.5 Å². The van der Waals surface area contributed by atoms with Crippen LogP contribution in [0.3, 0.4) is 0 Å². The van der Waals surface area contributed by atoms with Crippen LogP contribution in [0.25, 0.3) is 10.8 Å². The highest BCUT2D eigenvalue weighted by Gasteiger charge is 2.38. The summed E-state index contributed by atoms with van der Waals surface area (Å²) in [6.45, 7) is 1.45. The number of hydrogen-bond acceptors (Lipinski definition) is 3. The summed E-state index contributed by atoms with van der Waals surface area (Å²) in [6.07, 6.45) is 6.65. The molecule has 0 bridgehead atoms. The molecule has 2 amide bonds. The Hall–Kier alpha value is -2.40. The van der Waals surface area contributed by atoms with E-state index in [1.807, 2.05) is 19.2 Å². The SMILES string of the molecule is CN(C[C@@H]1CCCCO1)C(=O)CC[C@]1(Cc2ccc3ccccc3c2)CCC(=O)N1. The summed E-state index contributed by atoms with van der Waals surface area (Å²) in [5.41, 5.74) is 0.865. The van der Waals surface area contributed by atoms with E-state index in [2.05, 4.69) is 35.6 Å². The van der Waals surface area contributed by atoms with Gasteiger partial charge in [0, 0.05) is 38.6 Å². The van der Waals surface area contributed by atoms with Crippen molar-refractivity contribution in [2.75, 3.05) is 20.2 Å². The van der Waals surface area contributed by atoms with Crippen molar-refractivity contribution in [3.8, 4) is 0 Å². The van der Waals surface area contributed by atoms with Crippen molar-refractivity contribution in [2.24, 2.45) is 0 Å². The highest BCUT2D eigenvalue weighted by molar-refractivity contribution is 5.83. The van der Waals surface area contributed by atoms with Gasteiger partial charge in [-0.05, 0) is 54.9 Å². The maximum absolute atomic E-state index is 12.8. The van der Waals surface area contributed by atoms with Gasteiger partial charge >= 0.3 is 0 Å². The second-order valence-corrected chi connectivity index (χ2v) is 8.95. The Morgan fingerprint density at radius 2 is 2.03 bits per heavy atom. The third kappa shape index (κ3) is 5.01. The van der Waals surface area contributed by atoms with Crippen LogP contribution in [-0.2, 0) is 20.7 Å². The van der Waals surface area contributed by atoms with Crippen LogP contribution in [-0.4, -0.2) is 48.6 Å². The van der Waals surface area contributed by atoms with Crippen LogP contribution in [0.1, 0.15) is 50.5 Å². The minimum absolute atomic E-state index is 0.0900. The Morgan fingerprint density at radius 1 is 1.20 bits per heavy atom. The van der Waals surface area contributed by atoms with Crippen LogP contribution < -0.4 is 5.32 Å². The van der Waals surface area contributed by atoms with Gasteiger partial charge in [0.25, 0.3) is 0 Å². The molecule has 160 valence electrons. The van der Waals surface area contributed by atoms with Gasteiger partial charge in [-0.15, -0.1) is 0 Å². The second-order valence-electron chi connectivity index (χ2n) is 8.95. The zero-order valence-corrected chi connectivity index (χ0v) is 17.9. The first-order valence-corrected chi connectivity index (χ1v) is 11.2. The molecule has 0 spiro atoms. The van der Waals surface area contributed by atoms with Gasteiger partial charge in [-0.3, -0.25) is 9.59 Å². The Labute approximate surface area is 178 Å². The van der Waals surface area contributed by atoms with E-state index >= 15 is 0 Å². The summed E-state index contributed by atoms with van der Waals surface area (Å²) < 4.78 is 5.77. The minimum Gasteiger partial charge on any atom is -0.376 e. The van der Waals surface area contributed by atoms with Crippen LogP contribution in [0.4, 0.5) is 0 Å². The quantitative estimate of drug-likeness (QED) is 0.757. The van der Waals surface area contributed by atoms with Gasteiger partial charge in [-0.1, -0.05) is 42.5 Å². The number of nitrogens with one attached hydrogen (secondary N) is 1. The lowest BCUT2D eigenvalue weighted by atomic mass is 9.84. The number of nitrogens with zero attached hydrogens (tertiary/aromatic N) is 1. The molecule has 2 aliphatic rings. The lowest BCUT2D eigenvalue weighted by Crippen LogP contribution is -2.45. The fourth-order valence-electron chi connectivity index (χ4n) is 4.82. The molecule has 2 fully saturated rings. The smallest absolute Gasteiger partial charge is 0.222 e. The van der Waals surface area contributed by atoms with Gasteiger partial charge < -0.3 is 15.0 Å². The summed E-state index contributed by atoms with van der Waals surface area (Å²) in [5.74, 6) is 0.218. The van der Waals surface area contributed by atoms with E-state index in [9.17, 15) is 9.59 Å². The maximum atomic E-state index is 12.8. The number of carbonyl (C=O) groups is 2. The molecule has 2 saturated heterocycles. The van der Waals surface area contributed by atoms with Gasteiger partial charge in [0.05, 0.1) is 6.10 Å².